The normalized spacial score (nSPS) is 12.5. The highest BCUT2D eigenvalue weighted by molar-refractivity contribution is 6.48. The number of pyridine rings is 1. The van der Waals surface area contributed by atoms with Gasteiger partial charge in [-0.25, -0.2) is 0 Å². The largest absolute Gasteiger partial charge is 0.256 e. The third kappa shape index (κ3) is 5.66. The molecule has 0 spiro atoms. The molecular formula is C83H45N. The molecule has 0 fully saturated rings. The minimum atomic E-state index is 1.03. The van der Waals surface area contributed by atoms with Gasteiger partial charge in [-0.05, 0) is 209 Å². The highest BCUT2D eigenvalue weighted by atomic mass is 14.6. The van der Waals surface area contributed by atoms with E-state index in [1.807, 2.05) is 12.3 Å². The first-order chi connectivity index (χ1) is 41.7. The lowest BCUT2D eigenvalue weighted by atomic mass is 9.82. The Balaban J connectivity index is 0.911. The Kier molecular flexibility index (Phi) is 8.71. The molecule has 1 heteroatoms. The maximum atomic E-state index is 4.92. The van der Waals surface area contributed by atoms with Gasteiger partial charge in [0.15, 0.2) is 0 Å². The van der Waals surface area contributed by atoms with Crippen molar-refractivity contribution in [3.63, 3.8) is 0 Å². The van der Waals surface area contributed by atoms with Gasteiger partial charge in [0.05, 0.1) is 5.52 Å². The average molecular weight is 1060 g/mol. The Morgan fingerprint density at radius 2 is 0.560 bits per heavy atom. The van der Waals surface area contributed by atoms with Crippen molar-refractivity contribution in [1.29, 1.82) is 0 Å². The molecule has 0 aliphatic heterocycles. The zero-order valence-corrected chi connectivity index (χ0v) is 45.4. The first-order valence-electron chi connectivity index (χ1n) is 29.4. The van der Waals surface area contributed by atoms with Crippen LogP contribution in [-0.2, 0) is 0 Å². The van der Waals surface area contributed by atoms with Gasteiger partial charge < -0.3 is 0 Å². The number of hydrogen-bond donors (Lipinski definition) is 0. The van der Waals surface area contributed by atoms with Gasteiger partial charge in [0, 0.05) is 17.1 Å². The van der Waals surface area contributed by atoms with Crippen LogP contribution in [0, 0.1) is 0 Å². The summed E-state index contributed by atoms with van der Waals surface area (Å²) in [5, 5.41) is 29.8. The molecule has 0 saturated carbocycles. The molecule has 0 bridgehead atoms. The number of nitrogens with zero attached hydrogens (tertiary/aromatic N) is 1. The topological polar surface area (TPSA) is 12.9 Å². The monoisotopic (exact) mass is 1060 g/mol. The summed E-state index contributed by atoms with van der Waals surface area (Å²) >= 11 is 0. The number of rotatable bonds is 5. The Morgan fingerprint density at radius 1 is 0.179 bits per heavy atom. The summed E-state index contributed by atoms with van der Waals surface area (Å²) in [6, 6.07) is 101. The molecule has 84 heavy (non-hydrogen) atoms. The van der Waals surface area contributed by atoms with Crippen molar-refractivity contribution in [3.8, 4) is 77.9 Å². The molecule has 18 aromatic carbocycles. The molecule has 0 N–H and O–H groups in total. The first-order valence-corrected chi connectivity index (χ1v) is 29.4. The second-order valence-corrected chi connectivity index (χ2v) is 23.4. The van der Waals surface area contributed by atoms with E-state index in [9.17, 15) is 0 Å². The van der Waals surface area contributed by atoms with Gasteiger partial charge in [-0.2, -0.15) is 0 Å². The fourth-order valence-electron chi connectivity index (χ4n) is 16.2. The lowest BCUT2D eigenvalue weighted by molar-refractivity contribution is 1.41. The van der Waals surface area contributed by atoms with Crippen molar-refractivity contribution in [2.75, 3.05) is 0 Å². The summed E-state index contributed by atoms with van der Waals surface area (Å²) in [5.41, 5.74) is 18.8. The van der Waals surface area contributed by atoms with E-state index in [-0.39, 0.29) is 0 Å². The maximum Gasteiger partial charge on any atom is 0.0780 e. The number of hydrogen-bond acceptors (Lipinski definition) is 1. The highest BCUT2D eigenvalue weighted by Gasteiger charge is 2.33. The molecule has 0 radical (unpaired) electrons. The molecule has 19 aromatic rings. The van der Waals surface area contributed by atoms with E-state index in [0.29, 0.717) is 0 Å². The number of benzene rings is 16. The van der Waals surface area contributed by atoms with Crippen LogP contribution in [0.1, 0.15) is 0 Å². The standard InChI is InChI=1S/C83H45N/c1-5-18-46(19-6-1)70-53-28-13-14-29-54(53)71(47-20-7-2-8-21-47)80-63-40-36-57-59-38-42-65-78-64(41-37-58(76(59)78)56-35-39-62(79(70)80)77(63)75(56)57)81-72(48-22-9-3-10-23-48)68-44-66-55-31-16-30-52-51(61-32-15-26-50-27-17-43-84-83(50)61)33-34-60(74(52)55)67(66)45-69(68)73(82(65)81)49-24-11-4-12-25-49/h1-45H. The van der Waals surface area contributed by atoms with Crippen LogP contribution in [0.15, 0.2) is 273 Å². The summed E-state index contributed by atoms with van der Waals surface area (Å²) < 4.78 is 0. The van der Waals surface area contributed by atoms with Gasteiger partial charge >= 0.3 is 0 Å². The average Bonchev–Trinajstić information content (AvgIpc) is 2.73. The van der Waals surface area contributed by atoms with E-state index in [0.717, 1.165) is 16.5 Å². The molecular weight excluding hydrogens is 1010 g/mol. The molecule has 20 rings (SSSR count). The van der Waals surface area contributed by atoms with Crippen molar-refractivity contribution >= 4 is 129 Å². The van der Waals surface area contributed by atoms with Crippen molar-refractivity contribution in [2.45, 2.75) is 0 Å². The Bertz CT molecular complexity index is 5750. The van der Waals surface area contributed by atoms with E-state index in [4.69, 9.17) is 4.98 Å². The van der Waals surface area contributed by atoms with Crippen molar-refractivity contribution in [1.82, 2.24) is 4.98 Å². The molecule has 1 nitrogen and oxygen atoms in total. The number of fused-ring (bicyclic) bond motifs is 14. The van der Waals surface area contributed by atoms with E-state index in [1.165, 1.54) is 191 Å². The van der Waals surface area contributed by atoms with Gasteiger partial charge in [-0.3, -0.25) is 4.98 Å². The second kappa shape index (κ2) is 16.4. The molecule has 382 valence electrons. The molecule has 1 heterocycles. The van der Waals surface area contributed by atoms with E-state index in [2.05, 4.69) is 261 Å². The van der Waals surface area contributed by atoms with Gasteiger partial charge in [-0.1, -0.05) is 249 Å². The minimum Gasteiger partial charge on any atom is -0.256 e. The second-order valence-electron chi connectivity index (χ2n) is 23.4. The Hall–Kier alpha value is -11.0. The van der Waals surface area contributed by atoms with Crippen LogP contribution in [0.3, 0.4) is 0 Å². The smallest absolute Gasteiger partial charge is 0.0780 e. The maximum absolute atomic E-state index is 4.92. The van der Waals surface area contributed by atoms with E-state index in [1.54, 1.807) is 0 Å². The van der Waals surface area contributed by atoms with E-state index < -0.39 is 0 Å². The Morgan fingerprint density at radius 3 is 1.10 bits per heavy atom. The number of para-hydroxylation sites is 1. The molecule has 1 aromatic heterocycles. The van der Waals surface area contributed by atoms with Crippen LogP contribution in [-0.4, -0.2) is 4.98 Å². The van der Waals surface area contributed by atoms with Crippen LogP contribution in [0.4, 0.5) is 0 Å². The lowest BCUT2D eigenvalue weighted by Crippen LogP contribution is -1.93. The highest BCUT2D eigenvalue weighted by Crippen LogP contribution is 2.61. The molecule has 0 atom stereocenters. The van der Waals surface area contributed by atoms with Crippen molar-refractivity contribution < 1.29 is 0 Å². The SMILES string of the molecule is c1ccc(-c2c3c(c(-c4ccccc4)c4ccccc24)-c2ccc4c5ccc6c7c(-c8ccccc8)c8cc9c(cc8c(-c8ccccc8)c7c7ccc(c8ccc-3c2c84)c5c76)c2cccc3c(-c4cccc5cccnc45)ccc9c32)cc1. The third-order valence-electron chi connectivity index (χ3n) is 19.4. The molecule has 0 unspecified atom stereocenters. The van der Waals surface area contributed by atoms with Crippen LogP contribution in [0.25, 0.3) is 207 Å². The number of aromatic nitrogens is 1. The quantitative estimate of drug-likeness (QED) is 0.124. The van der Waals surface area contributed by atoms with E-state index >= 15 is 0 Å². The van der Waals surface area contributed by atoms with Crippen molar-refractivity contribution in [3.05, 3.63) is 273 Å². The minimum absolute atomic E-state index is 1.03. The molecule has 0 saturated heterocycles. The summed E-state index contributed by atoms with van der Waals surface area (Å²) in [6.45, 7) is 0. The summed E-state index contributed by atoms with van der Waals surface area (Å²) in [7, 11) is 0. The molecule has 1 aliphatic carbocycles. The summed E-state index contributed by atoms with van der Waals surface area (Å²) in [6.07, 6.45) is 1.91. The van der Waals surface area contributed by atoms with Crippen LogP contribution in [0.5, 0.6) is 0 Å². The predicted octanol–water partition coefficient (Wildman–Crippen LogP) is 23.2. The fourth-order valence-corrected chi connectivity index (χ4v) is 16.2. The zero-order chi connectivity index (χ0) is 54.5. The van der Waals surface area contributed by atoms with Gasteiger partial charge in [-0.15, -0.1) is 0 Å². The summed E-state index contributed by atoms with van der Waals surface area (Å²) in [5.74, 6) is 0. The van der Waals surface area contributed by atoms with Crippen molar-refractivity contribution in [2.24, 2.45) is 0 Å². The zero-order valence-electron chi connectivity index (χ0n) is 45.4. The van der Waals surface area contributed by atoms with Gasteiger partial charge in [0.2, 0.25) is 0 Å². The molecule has 0 amide bonds. The fraction of sp³-hybridized carbons (Fsp3) is 0. The summed E-state index contributed by atoms with van der Waals surface area (Å²) in [4.78, 5) is 4.92. The molecule has 1 aliphatic rings. The van der Waals surface area contributed by atoms with Gasteiger partial charge in [0.1, 0.15) is 0 Å². The van der Waals surface area contributed by atoms with Crippen LogP contribution in [0.2, 0.25) is 0 Å². The third-order valence-corrected chi connectivity index (χ3v) is 19.4. The lowest BCUT2D eigenvalue weighted by Gasteiger charge is -2.20. The van der Waals surface area contributed by atoms with Gasteiger partial charge in [0.25, 0.3) is 0 Å². The predicted molar refractivity (Wildman–Crippen MR) is 359 cm³/mol. The van der Waals surface area contributed by atoms with Crippen LogP contribution >= 0.6 is 0 Å². The first kappa shape index (κ1) is 44.7. The van der Waals surface area contributed by atoms with Crippen LogP contribution < -0.4 is 0 Å². The Labute approximate surface area is 482 Å².